The van der Waals surface area contributed by atoms with Crippen LogP contribution in [0.2, 0.25) is 0 Å². The van der Waals surface area contributed by atoms with E-state index in [4.69, 9.17) is 10.5 Å². The summed E-state index contributed by atoms with van der Waals surface area (Å²) in [6, 6.07) is 6.17. The monoisotopic (exact) mass is 307 g/mol. The van der Waals surface area contributed by atoms with Crippen molar-refractivity contribution in [3.05, 3.63) is 47.8 Å². The number of nitrogen functional groups attached to an aromatic ring is 1. The van der Waals surface area contributed by atoms with Crippen LogP contribution in [0.1, 0.15) is 11.1 Å². The molecule has 0 saturated carbocycles. The minimum absolute atomic E-state index is 0.107. The Hall–Kier alpha value is -2.12. The first-order chi connectivity index (χ1) is 9.94. The fourth-order valence-corrected chi connectivity index (χ4v) is 2.82. The van der Waals surface area contributed by atoms with Gasteiger partial charge in [-0.15, -0.1) is 0 Å². The summed E-state index contributed by atoms with van der Waals surface area (Å²) in [6.07, 6.45) is 3.31. The van der Waals surface area contributed by atoms with Crippen LogP contribution in [-0.2, 0) is 16.6 Å². The molecule has 3 N–H and O–H groups in total. The highest BCUT2D eigenvalue weighted by Crippen LogP contribution is 2.24. The lowest BCUT2D eigenvalue weighted by molar-refractivity contribution is 0.415. The number of anilines is 1. The Bertz CT molecular complexity index is 745. The number of benzene rings is 1. The van der Waals surface area contributed by atoms with Crippen LogP contribution in [0.25, 0.3) is 0 Å². The Kier molecular flexibility index (Phi) is 4.44. The molecule has 0 saturated heterocycles. The van der Waals surface area contributed by atoms with Gasteiger partial charge in [-0.25, -0.2) is 13.1 Å². The third-order valence-electron chi connectivity index (χ3n) is 3.12. The Balaban J connectivity index is 2.21. The lowest BCUT2D eigenvalue weighted by atomic mass is 10.2. The first-order valence-corrected chi connectivity index (χ1v) is 7.75. The minimum atomic E-state index is -3.64. The molecule has 0 fully saturated rings. The van der Waals surface area contributed by atoms with Crippen molar-refractivity contribution in [3.8, 4) is 5.75 Å². The molecule has 0 unspecified atom stereocenters. The minimum Gasteiger partial charge on any atom is -0.495 e. The normalized spacial score (nSPS) is 11.3. The molecular formula is C14H17N3O3S. The summed E-state index contributed by atoms with van der Waals surface area (Å²) < 4.78 is 32.1. The van der Waals surface area contributed by atoms with E-state index < -0.39 is 10.0 Å². The number of aromatic nitrogens is 1. The molecular weight excluding hydrogens is 290 g/mol. The number of rotatable bonds is 5. The van der Waals surface area contributed by atoms with Gasteiger partial charge in [-0.2, -0.15) is 0 Å². The number of sulfonamides is 1. The number of nitrogens with one attached hydrogen (secondary N) is 1. The smallest absolute Gasteiger partial charge is 0.241 e. The topological polar surface area (TPSA) is 94.3 Å². The molecule has 0 spiro atoms. The fraction of sp³-hybridized carbons (Fsp3) is 0.214. The molecule has 21 heavy (non-hydrogen) atoms. The lowest BCUT2D eigenvalue weighted by Crippen LogP contribution is -2.23. The van der Waals surface area contributed by atoms with Gasteiger partial charge in [-0.3, -0.25) is 4.98 Å². The van der Waals surface area contributed by atoms with Crippen molar-refractivity contribution in [2.45, 2.75) is 18.4 Å². The predicted octanol–water partition coefficient (Wildman–Crippen LogP) is 1.46. The summed E-state index contributed by atoms with van der Waals surface area (Å²) in [5.74, 6) is 0.329. The summed E-state index contributed by atoms with van der Waals surface area (Å²) in [5.41, 5.74) is 7.87. The average molecular weight is 307 g/mol. The van der Waals surface area contributed by atoms with Crippen LogP contribution in [0.5, 0.6) is 5.75 Å². The quantitative estimate of drug-likeness (QED) is 0.816. The van der Waals surface area contributed by atoms with E-state index in [-0.39, 0.29) is 11.4 Å². The fourth-order valence-electron chi connectivity index (χ4n) is 1.80. The summed E-state index contributed by atoms with van der Waals surface area (Å²) in [6.45, 7) is 2.08. The molecule has 0 aliphatic rings. The van der Waals surface area contributed by atoms with Crippen molar-refractivity contribution in [1.82, 2.24) is 9.71 Å². The molecule has 0 atom stereocenters. The summed E-state index contributed by atoms with van der Waals surface area (Å²) in [5, 5.41) is 0. The highest BCUT2D eigenvalue weighted by Gasteiger charge is 2.16. The number of ether oxygens (including phenoxy) is 1. The van der Waals surface area contributed by atoms with Crippen LogP contribution < -0.4 is 15.2 Å². The Morgan fingerprint density at radius 3 is 2.76 bits per heavy atom. The molecule has 1 aromatic heterocycles. The predicted molar refractivity (Wildman–Crippen MR) is 80.4 cm³/mol. The maximum atomic E-state index is 12.3. The van der Waals surface area contributed by atoms with Gasteiger partial charge < -0.3 is 10.5 Å². The number of aryl methyl sites for hydroxylation is 1. The van der Waals surface area contributed by atoms with Gasteiger partial charge in [0.05, 0.1) is 17.7 Å². The zero-order chi connectivity index (χ0) is 15.5. The third kappa shape index (κ3) is 3.50. The van der Waals surface area contributed by atoms with Gasteiger partial charge in [0.25, 0.3) is 0 Å². The Morgan fingerprint density at radius 1 is 1.33 bits per heavy atom. The highest BCUT2D eigenvalue weighted by atomic mass is 32.2. The number of methoxy groups -OCH3 is 1. The van der Waals surface area contributed by atoms with E-state index >= 15 is 0 Å². The zero-order valence-corrected chi connectivity index (χ0v) is 12.6. The first-order valence-electron chi connectivity index (χ1n) is 6.26. The van der Waals surface area contributed by atoms with E-state index in [1.54, 1.807) is 12.4 Å². The van der Waals surface area contributed by atoms with Gasteiger partial charge in [0.2, 0.25) is 10.0 Å². The van der Waals surface area contributed by atoms with Crippen LogP contribution in [-0.4, -0.2) is 20.5 Å². The molecule has 6 nitrogen and oxygen atoms in total. The molecule has 2 aromatic rings. The lowest BCUT2D eigenvalue weighted by Gasteiger charge is -2.10. The SMILES string of the molecule is COc1cc(S(=O)(=O)NCc2cnccc2C)ccc1N. The molecule has 0 radical (unpaired) electrons. The number of hydrogen-bond acceptors (Lipinski definition) is 5. The van der Waals surface area contributed by atoms with Gasteiger partial charge in [0.15, 0.2) is 0 Å². The summed E-state index contributed by atoms with van der Waals surface area (Å²) in [4.78, 5) is 4.09. The number of hydrogen-bond donors (Lipinski definition) is 2. The van der Waals surface area contributed by atoms with Crippen molar-refractivity contribution in [1.29, 1.82) is 0 Å². The van der Waals surface area contributed by atoms with Crippen molar-refractivity contribution >= 4 is 15.7 Å². The van der Waals surface area contributed by atoms with Crippen LogP contribution in [0.15, 0.2) is 41.6 Å². The molecule has 2 rings (SSSR count). The molecule has 0 aliphatic carbocycles. The van der Waals surface area contributed by atoms with Crippen molar-refractivity contribution in [3.63, 3.8) is 0 Å². The van der Waals surface area contributed by atoms with Gasteiger partial charge in [-0.1, -0.05) is 0 Å². The van der Waals surface area contributed by atoms with Gasteiger partial charge in [0, 0.05) is 25.0 Å². The van der Waals surface area contributed by atoms with Gasteiger partial charge >= 0.3 is 0 Å². The van der Waals surface area contributed by atoms with Crippen LogP contribution in [0, 0.1) is 6.92 Å². The van der Waals surface area contributed by atoms with Crippen LogP contribution in [0.3, 0.4) is 0 Å². The summed E-state index contributed by atoms with van der Waals surface area (Å²) >= 11 is 0. The van der Waals surface area contributed by atoms with Crippen molar-refractivity contribution in [2.75, 3.05) is 12.8 Å². The summed E-state index contributed by atoms with van der Waals surface area (Å²) in [7, 11) is -2.20. The molecule has 112 valence electrons. The molecule has 0 bridgehead atoms. The maximum absolute atomic E-state index is 12.3. The van der Waals surface area contributed by atoms with E-state index in [2.05, 4.69) is 9.71 Å². The highest BCUT2D eigenvalue weighted by molar-refractivity contribution is 7.89. The zero-order valence-electron chi connectivity index (χ0n) is 11.8. The second-order valence-electron chi connectivity index (χ2n) is 4.53. The molecule has 7 heteroatoms. The first kappa shape index (κ1) is 15.3. The average Bonchev–Trinajstić information content (AvgIpc) is 2.46. The Labute approximate surface area is 124 Å². The number of nitrogens with zero attached hydrogens (tertiary/aromatic N) is 1. The number of pyridine rings is 1. The second-order valence-corrected chi connectivity index (χ2v) is 6.30. The van der Waals surface area contributed by atoms with E-state index in [0.717, 1.165) is 11.1 Å². The standard InChI is InChI=1S/C14H17N3O3S/c1-10-5-6-16-8-11(10)9-17-21(18,19)12-3-4-13(15)14(7-12)20-2/h3-8,17H,9,15H2,1-2H3. The molecule has 0 aliphatic heterocycles. The van der Waals surface area contributed by atoms with Crippen LogP contribution >= 0.6 is 0 Å². The molecule has 0 amide bonds. The van der Waals surface area contributed by atoms with E-state index in [1.807, 2.05) is 13.0 Å². The van der Waals surface area contributed by atoms with E-state index in [9.17, 15) is 8.42 Å². The van der Waals surface area contributed by atoms with Crippen LogP contribution in [0.4, 0.5) is 5.69 Å². The third-order valence-corrected chi connectivity index (χ3v) is 4.51. The van der Waals surface area contributed by atoms with Gasteiger partial charge in [0.1, 0.15) is 5.75 Å². The largest absolute Gasteiger partial charge is 0.495 e. The van der Waals surface area contributed by atoms with E-state index in [1.165, 1.54) is 25.3 Å². The maximum Gasteiger partial charge on any atom is 0.241 e. The van der Waals surface area contributed by atoms with Gasteiger partial charge in [-0.05, 0) is 36.2 Å². The van der Waals surface area contributed by atoms with Crippen molar-refractivity contribution < 1.29 is 13.2 Å². The molecule has 1 aromatic carbocycles. The van der Waals surface area contributed by atoms with E-state index in [0.29, 0.717) is 11.4 Å². The Morgan fingerprint density at radius 2 is 2.10 bits per heavy atom. The second kappa shape index (κ2) is 6.11. The van der Waals surface area contributed by atoms with Crippen molar-refractivity contribution in [2.24, 2.45) is 0 Å². The molecule has 1 heterocycles. The number of nitrogens with two attached hydrogens (primary N) is 1.